The topological polar surface area (TPSA) is 54.5 Å². The molecule has 3 rings (SSSR count). The zero-order chi connectivity index (χ0) is 17.2. The number of carbonyl (C=O) groups excluding carboxylic acids is 1. The van der Waals surface area contributed by atoms with E-state index in [1.165, 1.54) is 24.7 Å². The molecular weight excluding hydrogens is 346 g/mol. The number of rotatable bonds is 4. The van der Waals surface area contributed by atoms with Crippen molar-refractivity contribution >= 4 is 33.0 Å². The van der Waals surface area contributed by atoms with Crippen LogP contribution in [0.1, 0.15) is 38.5 Å². The van der Waals surface area contributed by atoms with Crippen molar-refractivity contribution in [3.63, 3.8) is 0 Å². The van der Waals surface area contributed by atoms with Crippen molar-refractivity contribution in [3.8, 4) is 0 Å². The van der Waals surface area contributed by atoms with Gasteiger partial charge >= 0.3 is 0 Å². The van der Waals surface area contributed by atoms with Gasteiger partial charge < -0.3 is 4.90 Å². The number of halogens is 1. The van der Waals surface area contributed by atoms with Crippen LogP contribution in [0.4, 0.5) is 5.69 Å². The predicted octanol–water partition coefficient (Wildman–Crippen LogP) is 3.95. The van der Waals surface area contributed by atoms with Gasteiger partial charge in [0, 0.05) is 22.5 Å². The van der Waals surface area contributed by atoms with Crippen LogP contribution in [0.15, 0.2) is 35.7 Å². The second-order valence-electron chi connectivity index (χ2n) is 6.68. The molecule has 1 amide bonds. The molecule has 0 radical (unpaired) electrons. The SMILES string of the molecule is O=C(CC1CCCCC1)N(c1cccc(Cl)c1)[C@H]1C=CS(=O)(=O)C1. The molecule has 1 aromatic carbocycles. The first kappa shape index (κ1) is 17.5. The summed E-state index contributed by atoms with van der Waals surface area (Å²) in [6.45, 7) is 0. The highest BCUT2D eigenvalue weighted by atomic mass is 35.5. The fourth-order valence-corrected chi connectivity index (χ4v) is 5.06. The maximum atomic E-state index is 13.0. The summed E-state index contributed by atoms with van der Waals surface area (Å²) in [6, 6.07) is 6.61. The Hall–Kier alpha value is -1.33. The quantitative estimate of drug-likeness (QED) is 0.809. The minimum absolute atomic E-state index is 0.0177. The molecule has 0 spiro atoms. The second kappa shape index (κ2) is 7.28. The van der Waals surface area contributed by atoms with E-state index in [0.29, 0.717) is 23.0 Å². The highest BCUT2D eigenvalue weighted by Gasteiger charge is 2.32. The van der Waals surface area contributed by atoms with Crippen molar-refractivity contribution in [1.82, 2.24) is 0 Å². The third-order valence-corrected chi connectivity index (χ3v) is 6.40. The fraction of sp³-hybridized carbons (Fsp3) is 0.500. The van der Waals surface area contributed by atoms with Crippen LogP contribution in [0, 0.1) is 5.92 Å². The molecular formula is C18H22ClNO3S. The molecule has 1 fully saturated rings. The Balaban J connectivity index is 1.84. The van der Waals surface area contributed by atoms with Gasteiger partial charge in [-0.3, -0.25) is 4.79 Å². The molecule has 0 saturated heterocycles. The lowest BCUT2D eigenvalue weighted by Crippen LogP contribution is -2.42. The second-order valence-corrected chi connectivity index (χ2v) is 9.04. The third kappa shape index (κ3) is 4.19. The molecule has 0 unspecified atom stereocenters. The van der Waals surface area contributed by atoms with Crippen molar-refractivity contribution in [2.45, 2.75) is 44.6 Å². The highest BCUT2D eigenvalue weighted by Crippen LogP contribution is 2.30. The summed E-state index contributed by atoms with van der Waals surface area (Å²) >= 11 is 6.07. The summed E-state index contributed by atoms with van der Waals surface area (Å²) < 4.78 is 23.6. The van der Waals surface area contributed by atoms with Crippen LogP contribution in [0.3, 0.4) is 0 Å². The molecule has 0 aromatic heterocycles. The predicted molar refractivity (Wildman–Crippen MR) is 96.8 cm³/mol. The summed E-state index contributed by atoms with van der Waals surface area (Å²) in [6.07, 6.45) is 7.82. The standard InChI is InChI=1S/C18H22ClNO3S/c19-15-7-4-8-16(12-15)20(17-9-10-24(22,23)13-17)18(21)11-14-5-2-1-3-6-14/h4,7-10,12,14,17H,1-3,5-6,11,13H2/t17-/m0/s1. The summed E-state index contributed by atoms with van der Waals surface area (Å²) in [5, 5.41) is 1.75. The van der Waals surface area contributed by atoms with E-state index < -0.39 is 15.9 Å². The van der Waals surface area contributed by atoms with Gasteiger partial charge in [0.15, 0.2) is 9.84 Å². The maximum Gasteiger partial charge on any atom is 0.227 e. The Morgan fingerprint density at radius 1 is 1.21 bits per heavy atom. The van der Waals surface area contributed by atoms with E-state index in [9.17, 15) is 13.2 Å². The minimum atomic E-state index is -3.23. The Labute approximate surface area is 148 Å². The smallest absolute Gasteiger partial charge is 0.227 e. The van der Waals surface area contributed by atoms with Gasteiger partial charge in [-0.1, -0.05) is 36.9 Å². The van der Waals surface area contributed by atoms with Crippen molar-refractivity contribution in [3.05, 3.63) is 40.8 Å². The Bertz CT molecular complexity index is 738. The van der Waals surface area contributed by atoms with Crippen LogP contribution < -0.4 is 4.90 Å². The van der Waals surface area contributed by atoms with Crippen LogP contribution in [0.25, 0.3) is 0 Å². The van der Waals surface area contributed by atoms with E-state index >= 15 is 0 Å². The first-order chi connectivity index (χ1) is 11.4. The number of amides is 1. The zero-order valence-corrected chi connectivity index (χ0v) is 15.1. The number of hydrogen-bond donors (Lipinski definition) is 0. The van der Waals surface area contributed by atoms with E-state index in [-0.39, 0.29) is 11.7 Å². The van der Waals surface area contributed by atoms with Gasteiger partial charge in [0.1, 0.15) is 0 Å². The normalized spacial score (nSPS) is 23.3. The number of carbonyl (C=O) groups is 1. The Morgan fingerprint density at radius 3 is 2.58 bits per heavy atom. The molecule has 24 heavy (non-hydrogen) atoms. The molecule has 130 valence electrons. The van der Waals surface area contributed by atoms with Gasteiger partial charge in [0.2, 0.25) is 5.91 Å². The summed E-state index contributed by atoms with van der Waals surface area (Å²) in [5.74, 6) is 0.321. The molecule has 0 N–H and O–H groups in total. The summed E-state index contributed by atoms with van der Waals surface area (Å²) in [4.78, 5) is 14.6. The lowest BCUT2D eigenvalue weighted by Gasteiger charge is -2.30. The zero-order valence-electron chi connectivity index (χ0n) is 13.5. The molecule has 1 aliphatic heterocycles. The van der Waals surface area contributed by atoms with Crippen molar-refractivity contribution in [2.75, 3.05) is 10.7 Å². The van der Waals surface area contributed by atoms with E-state index in [4.69, 9.17) is 11.6 Å². The lowest BCUT2D eigenvalue weighted by atomic mass is 9.86. The van der Waals surface area contributed by atoms with Crippen LogP contribution in [0.5, 0.6) is 0 Å². The monoisotopic (exact) mass is 367 g/mol. The van der Waals surface area contributed by atoms with E-state index in [0.717, 1.165) is 12.8 Å². The molecule has 1 saturated carbocycles. The van der Waals surface area contributed by atoms with Crippen molar-refractivity contribution in [2.24, 2.45) is 5.92 Å². The first-order valence-electron chi connectivity index (χ1n) is 8.43. The Morgan fingerprint density at radius 2 is 1.96 bits per heavy atom. The highest BCUT2D eigenvalue weighted by molar-refractivity contribution is 7.94. The van der Waals surface area contributed by atoms with Gasteiger partial charge in [0.05, 0.1) is 11.8 Å². The average Bonchev–Trinajstić information content (AvgIpc) is 2.88. The first-order valence-corrected chi connectivity index (χ1v) is 10.5. The van der Waals surface area contributed by atoms with E-state index in [2.05, 4.69) is 0 Å². The molecule has 2 aliphatic rings. The number of sulfone groups is 1. The maximum absolute atomic E-state index is 13.0. The molecule has 1 aromatic rings. The van der Waals surface area contributed by atoms with Crippen LogP contribution in [-0.2, 0) is 14.6 Å². The molecule has 6 heteroatoms. The van der Waals surface area contributed by atoms with Gasteiger partial charge in [-0.05, 0) is 43.0 Å². The number of benzene rings is 1. The van der Waals surface area contributed by atoms with Crippen LogP contribution >= 0.6 is 11.6 Å². The van der Waals surface area contributed by atoms with Gasteiger partial charge in [-0.15, -0.1) is 0 Å². The Kier molecular flexibility index (Phi) is 5.30. The number of anilines is 1. The molecule has 1 heterocycles. The van der Waals surface area contributed by atoms with E-state index in [1.807, 2.05) is 6.07 Å². The molecule has 1 atom stereocenters. The number of hydrogen-bond acceptors (Lipinski definition) is 3. The van der Waals surface area contributed by atoms with E-state index in [1.54, 1.807) is 29.2 Å². The van der Waals surface area contributed by atoms with Gasteiger partial charge in [-0.2, -0.15) is 0 Å². The summed E-state index contributed by atoms with van der Waals surface area (Å²) in [7, 11) is -3.23. The lowest BCUT2D eigenvalue weighted by molar-refractivity contribution is -0.120. The molecule has 1 aliphatic carbocycles. The summed E-state index contributed by atoms with van der Waals surface area (Å²) in [5.41, 5.74) is 0.662. The van der Waals surface area contributed by atoms with Crippen molar-refractivity contribution < 1.29 is 13.2 Å². The average molecular weight is 368 g/mol. The van der Waals surface area contributed by atoms with Crippen molar-refractivity contribution in [1.29, 1.82) is 0 Å². The number of nitrogens with zero attached hydrogens (tertiary/aromatic N) is 1. The fourth-order valence-electron chi connectivity index (χ4n) is 3.60. The third-order valence-electron chi connectivity index (χ3n) is 4.79. The largest absolute Gasteiger partial charge is 0.304 e. The van der Waals surface area contributed by atoms with Gasteiger partial charge in [0.25, 0.3) is 0 Å². The molecule has 4 nitrogen and oxygen atoms in total. The van der Waals surface area contributed by atoms with Crippen LogP contribution in [-0.4, -0.2) is 26.1 Å². The molecule has 0 bridgehead atoms. The van der Waals surface area contributed by atoms with Gasteiger partial charge in [-0.25, -0.2) is 8.42 Å². The minimum Gasteiger partial charge on any atom is -0.304 e. The van der Waals surface area contributed by atoms with Crippen LogP contribution in [0.2, 0.25) is 5.02 Å².